The van der Waals surface area contributed by atoms with E-state index < -0.39 is 0 Å². The van der Waals surface area contributed by atoms with E-state index in [0.717, 1.165) is 30.7 Å². The second-order valence-electron chi connectivity index (χ2n) is 4.97. The van der Waals surface area contributed by atoms with Crippen LogP contribution in [0.25, 0.3) is 0 Å². The van der Waals surface area contributed by atoms with Crippen LogP contribution in [0.15, 0.2) is 24.5 Å². The topological polar surface area (TPSA) is 42.7 Å². The molecule has 1 heterocycles. The maximum Gasteiger partial charge on any atom is 0.140 e. The number of benzene rings is 1. The van der Waals surface area contributed by atoms with Crippen LogP contribution in [-0.4, -0.2) is 14.8 Å². The molecule has 0 amide bonds. The first-order valence-electron chi connectivity index (χ1n) is 6.58. The number of aryl methyl sites for hydroxylation is 2. The van der Waals surface area contributed by atoms with Gasteiger partial charge in [-0.25, -0.2) is 9.37 Å². The van der Waals surface area contributed by atoms with Crippen molar-refractivity contribution in [3.63, 3.8) is 0 Å². The van der Waals surface area contributed by atoms with E-state index in [2.05, 4.69) is 15.4 Å². The Morgan fingerprint density at radius 2 is 2.37 bits per heavy atom. The lowest BCUT2D eigenvalue weighted by Gasteiger charge is -2.26. The van der Waals surface area contributed by atoms with Crippen LogP contribution in [0.1, 0.15) is 35.8 Å². The van der Waals surface area contributed by atoms with Gasteiger partial charge in [0.15, 0.2) is 0 Å². The summed E-state index contributed by atoms with van der Waals surface area (Å²) in [6.45, 7) is 0.679. The van der Waals surface area contributed by atoms with E-state index in [1.54, 1.807) is 23.1 Å². The van der Waals surface area contributed by atoms with Crippen LogP contribution < -0.4 is 5.32 Å². The lowest BCUT2D eigenvalue weighted by molar-refractivity contribution is 0.445. The molecule has 1 aromatic heterocycles. The van der Waals surface area contributed by atoms with Gasteiger partial charge in [-0.15, -0.1) is 0 Å². The fourth-order valence-electron chi connectivity index (χ4n) is 2.69. The van der Waals surface area contributed by atoms with Gasteiger partial charge in [0.1, 0.15) is 18.0 Å². The largest absolute Gasteiger partial charge is 0.303 e. The molecule has 1 aromatic carbocycles. The van der Waals surface area contributed by atoms with Crippen molar-refractivity contribution in [2.45, 2.75) is 31.8 Å². The third kappa shape index (κ3) is 2.51. The van der Waals surface area contributed by atoms with Crippen molar-refractivity contribution in [2.75, 3.05) is 0 Å². The summed E-state index contributed by atoms with van der Waals surface area (Å²) in [7, 11) is 1.88. The lowest BCUT2D eigenvalue weighted by Crippen LogP contribution is -2.26. The van der Waals surface area contributed by atoms with Crippen molar-refractivity contribution in [3.8, 4) is 0 Å². The molecule has 1 aliphatic carbocycles. The summed E-state index contributed by atoms with van der Waals surface area (Å²) in [6.07, 6.45) is 4.69. The normalized spacial score (nSPS) is 18.3. The Bertz CT molecular complexity index is 579. The summed E-state index contributed by atoms with van der Waals surface area (Å²) >= 11 is 0. The van der Waals surface area contributed by atoms with Crippen LogP contribution in [0.5, 0.6) is 0 Å². The first kappa shape index (κ1) is 12.3. The summed E-state index contributed by atoms with van der Waals surface area (Å²) < 4.78 is 15.0. The van der Waals surface area contributed by atoms with E-state index in [1.165, 1.54) is 5.56 Å². The molecule has 0 bridgehead atoms. The van der Waals surface area contributed by atoms with E-state index in [-0.39, 0.29) is 11.9 Å². The molecule has 4 nitrogen and oxygen atoms in total. The molecule has 1 N–H and O–H groups in total. The molecule has 0 aliphatic heterocycles. The average molecular weight is 260 g/mol. The Kier molecular flexibility index (Phi) is 3.29. The van der Waals surface area contributed by atoms with Gasteiger partial charge in [-0.2, -0.15) is 5.10 Å². The SMILES string of the molecule is Cn1ncnc1CNC1CCCc2cc(F)ccc21. The summed E-state index contributed by atoms with van der Waals surface area (Å²) in [5.41, 5.74) is 2.34. The van der Waals surface area contributed by atoms with Crippen molar-refractivity contribution in [3.05, 3.63) is 47.3 Å². The van der Waals surface area contributed by atoms with Crippen molar-refractivity contribution in [2.24, 2.45) is 7.05 Å². The van der Waals surface area contributed by atoms with Crippen LogP contribution in [0.4, 0.5) is 4.39 Å². The molecule has 0 spiro atoms. The summed E-state index contributed by atoms with van der Waals surface area (Å²) in [5.74, 6) is 0.766. The molecular formula is C14H17FN4. The summed E-state index contributed by atoms with van der Waals surface area (Å²) in [6, 6.07) is 5.38. The monoisotopic (exact) mass is 260 g/mol. The molecule has 0 fully saturated rings. The Morgan fingerprint density at radius 3 is 3.16 bits per heavy atom. The third-order valence-corrected chi connectivity index (χ3v) is 3.73. The highest BCUT2D eigenvalue weighted by Crippen LogP contribution is 2.30. The van der Waals surface area contributed by atoms with E-state index >= 15 is 0 Å². The minimum absolute atomic E-state index is 0.146. The zero-order valence-corrected chi connectivity index (χ0v) is 10.9. The van der Waals surface area contributed by atoms with Crippen LogP contribution >= 0.6 is 0 Å². The predicted octanol–water partition coefficient (Wildman–Crippen LogP) is 2.12. The zero-order chi connectivity index (χ0) is 13.2. The van der Waals surface area contributed by atoms with E-state index in [4.69, 9.17) is 0 Å². The first-order valence-corrected chi connectivity index (χ1v) is 6.58. The van der Waals surface area contributed by atoms with Crippen molar-refractivity contribution < 1.29 is 4.39 Å². The smallest absolute Gasteiger partial charge is 0.140 e. The molecule has 1 atom stereocenters. The molecule has 100 valence electrons. The number of nitrogens with one attached hydrogen (secondary N) is 1. The number of fused-ring (bicyclic) bond motifs is 1. The van der Waals surface area contributed by atoms with Crippen LogP contribution in [0.2, 0.25) is 0 Å². The highest BCUT2D eigenvalue weighted by molar-refractivity contribution is 5.32. The Balaban J connectivity index is 1.75. The first-order chi connectivity index (χ1) is 9.24. The zero-order valence-electron chi connectivity index (χ0n) is 10.9. The minimum Gasteiger partial charge on any atom is -0.303 e. The van der Waals surface area contributed by atoms with Crippen molar-refractivity contribution in [1.29, 1.82) is 0 Å². The van der Waals surface area contributed by atoms with Gasteiger partial charge in [-0.05, 0) is 42.5 Å². The van der Waals surface area contributed by atoms with E-state index in [0.29, 0.717) is 6.54 Å². The van der Waals surface area contributed by atoms with Gasteiger partial charge in [0.25, 0.3) is 0 Å². The van der Waals surface area contributed by atoms with Crippen LogP contribution in [0.3, 0.4) is 0 Å². The average Bonchev–Trinajstić information content (AvgIpc) is 2.81. The maximum absolute atomic E-state index is 13.2. The summed E-state index contributed by atoms with van der Waals surface area (Å²) in [4.78, 5) is 4.20. The molecule has 5 heteroatoms. The van der Waals surface area contributed by atoms with Gasteiger partial charge in [0.2, 0.25) is 0 Å². The standard InChI is InChI=1S/C14H17FN4/c1-19-14(17-9-18-19)8-16-13-4-2-3-10-7-11(15)5-6-12(10)13/h5-7,9,13,16H,2-4,8H2,1H3. The van der Waals surface area contributed by atoms with Gasteiger partial charge in [0, 0.05) is 13.1 Å². The number of aromatic nitrogens is 3. The van der Waals surface area contributed by atoms with E-state index in [9.17, 15) is 4.39 Å². The van der Waals surface area contributed by atoms with Gasteiger partial charge >= 0.3 is 0 Å². The molecule has 0 saturated heterocycles. The lowest BCUT2D eigenvalue weighted by atomic mass is 9.87. The molecule has 1 aliphatic rings. The number of rotatable bonds is 3. The Labute approximate surface area is 111 Å². The van der Waals surface area contributed by atoms with Gasteiger partial charge in [0.05, 0.1) is 6.54 Å². The van der Waals surface area contributed by atoms with Crippen molar-refractivity contribution in [1.82, 2.24) is 20.1 Å². The predicted molar refractivity (Wildman–Crippen MR) is 69.9 cm³/mol. The number of halogens is 1. The molecule has 1 unspecified atom stereocenters. The van der Waals surface area contributed by atoms with Gasteiger partial charge < -0.3 is 5.32 Å². The highest BCUT2D eigenvalue weighted by atomic mass is 19.1. The van der Waals surface area contributed by atoms with Crippen LogP contribution in [-0.2, 0) is 20.0 Å². The molecular weight excluding hydrogens is 243 g/mol. The number of nitrogens with zero attached hydrogens (tertiary/aromatic N) is 3. The summed E-state index contributed by atoms with van der Waals surface area (Å²) in [5, 5.41) is 7.55. The fraction of sp³-hybridized carbons (Fsp3) is 0.429. The van der Waals surface area contributed by atoms with Gasteiger partial charge in [-0.1, -0.05) is 6.07 Å². The second-order valence-corrected chi connectivity index (χ2v) is 4.97. The Hall–Kier alpha value is -1.75. The highest BCUT2D eigenvalue weighted by Gasteiger charge is 2.20. The Morgan fingerprint density at radius 1 is 1.47 bits per heavy atom. The minimum atomic E-state index is -0.146. The number of hydrogen-bond acceptors (Lipinski definition) is 3. The fourth-order valence-corrected chi connectivity index (χ4v) is 2.69. The quantitative estimate of drug-likeness (QED) is 0.919. The molecule has 0 radical (unpaired) electrons. The van der Waals surface area contributed by atoms with E-state index in [1.807, 2.05) is 13.1 Å². The molecule has 19 heavy (non-hydrogen) atoms. The third-order valence-electron chi connectivity index (χ3n) is 3.73. The van der Waals surface area contributed by atoms with Crippen LogP contribution in [0, 0.1) is 5.82 Å². The molecule has 0 saturated carbocycles. The van der Waals surface area contributed by atoms with Gasteiger partial charge in [-0.3, -0.25) is 4.68 Å². The maximum atomic E-state index is 13.2. The molecule has 3 rings (SSSR count). The second kappa shape index (κ2) is 5.09. The number of hydrogen-bond donors (Lipinski definition) is 1. The molecule has 2 aromatic rings. The van der Waals surface area contributed by atoms with Crippen molar-refractivity contribution >= 4 is 0 Å².